The molecule has 10 nitrogen and oxygen atoms in total. The van der Waals surface area contributed by atoms with Crippen molar-refractivity contribution in [2.45, 2.75) is 46.2 Å². The molecule has 1 atom stereocenters. The summed E-state index contributed by atoms with van der Waals surface area (Å²) < 4.78 is 15.4. The van der Waals surface area contributed by atoms with Gasteiger partial charge in [0.25, 0.3) is 11.7 Å². The Labute approximate surface area is 232 Å². The molecule has 0 spiro atoms. The number of Topliss-reactive ketones (excluding diaryl/α,β-unsaturated/α-hetero) is 1. The number of carbonyl (C=O) groups excluding carboxylic acids is 2. The summed E-state index contributed by atoms with van der Waals surface area (Å²) >= 11 is 0. The third-order valence-corrected chi connectivity index (χ3v) is 6.89. The van der Waals surface area contributed by atoms with Crippen LogP contribution in [0.25, 0.3) is 11.4 Å². The van der Waals surface area contributed by atoms with Crippen LogP contribution >= 0.6 is 0 Å². The number of imidazole rings is 2. The SMILES string of the molecule is CCCOc1ccc(C2C(=C(O)c3c(C)nc4ccccn34)C(=O)C(=O)N2CCCn2ccnc2)cc1OCC. The van der Waals surface area contributed by atoms with Crippen LogP contribution in [-0.4, -0.2) is 60.4 Å². The summed E-state index contributed by atoms with van der Waals surface area (Å²) in [7, 11) is 0. The van der Waals surface area contributed by atoms with Gasteiger partial charge in [0.1, 0.15) is 11.3 Å². The Kier molecular flexibility index (Phi) is 7.86. The van der Waals surface area contributed by atoms with Crippen LogP contribution in [0.5, 0.6) is 11.5 Å². The Balaban J connectivity index is 1.62. The molecular formula is C30H33N5O5. The van der Waals surface area contributed by atoms with Crippen molar-refractivity contribution in [3.8, 4) is 11.5 Å². The minimum atomic E-state index is -0.823. The molecule has 1 N–H and O–H groups in total. The van der Waals surface area contributed by atoms with Crippen molar-refractivity contribution >= 4 is 23.1 Å². The molecule has 5 rings (SSSR count). The van der Waals surface area contributed by atoms with E-state index in [-0.39, 0.29) is 11.3 Å². The van der Waals surface area contributed by atoms with Gasteiger partial charge in [0.2, 0.25) is 0 Å². The van der Waals surface area contributed by atoms with Crippen LogP contribution in [0.15, 0.2) is 66.9 Å². The molecule has 1 aromatic carbocycles. The Bertz CT molecular complexity index is 1560. The largest absolute Gasteiger partial charge is 0.505 e. The van der Waals surface area contributed by atoms with Gasteiger partial charge in [0.05, 0.1) is 36.8 Å². The first kappa shape index (κ1) is 27.0. The second kappa shape index (κ2) is 11.6. The molecule has 0 saturated carbocycles. The summed E-state index contributed by atoms with van der Waals surface area (Å²) in [6.45, 7) is 7.54. The monoisotopic (exact) mass is 543 g/mol. The maximum atomic E-state index is 13.6. The van der Waals surface area contributed by atoms with E-state index in [0.29, 0.717) is 66.8 Å². The van der Waals surface area contributed by atoms with Crippen LogP contribution < -0.4 is 9.47 Å². The zero-order valence-electron chi connectivity index (χ0n) is 22.9. The van der Waals surface area contributed by atoms with E-state index >= 15 is 0 Å². The minimum Gasteiger partial charge on any atom is -0.505 e. The number of fused-ring (bicyclic) bond motifs is 1. The molecule has 1 fully saturated rings. The van der Waals surface area contributed by atoms with Crippen LogP contribution in [-0.2, 0) is 16.1 Å². The smallest absolute Gasteiger partial charge is 0.295 e. The molecule has 4 heterocycles. The molecule has 10 heteroatoms. The zero-order valence-corrected chi connectivity index (χ0v) is 22.9. The van der Waals surface area contributed by atoms with E-state index in [4.69, 9.17) is 9.47 Å². The summed E-state index contributed by atoms with van der Waals surface area (Å²) in [5.41, 5.74) is 2.22. The van der Waals surface area contributed by atoms with E-state index in [1.807, 2.05) is 48.9 Å². The van der Waals surface area contributed by atoms with E-state index in [1.54, 1.807) is 42.2 Å². The van der Waals surface area contributed by atoms with E-state index < -0.39 is 17.7 Å². The molecular weight excluding hydrogens is 510 g/mol. The second-order valence-corrected chi connectivity index (χ2v) is 9.61. The summed E-state index contributed by atoms with van der Waals surface area (Å²) in [4.78, 5) is 37.2. The number of ether oxygens (including phenoxy) is 2. The molecule has 40 heavy (non-hydrogen) atoms. The third kappa shape index (κ3) is 5.04. The Morgan fingerprint density at radius 1 is 1.05 bits per heavy atom. The van der Waals surface area contributed by atoms with Gasteiger partial charge in [0.15, 0.2) is 17.3 Å². The second-order valence-electron chi connectivity index (χ2n) is 9.61. The first-order valence-corrected chi connectivity index (χ1v) is 13.5. The number of likely N-dealkylation sites (tertiary alicyclic amines) is 1. The van der Waals surface area contributed by atoms with E-state index in [0.717, 1.165) is 6.42 Å². The third-order valence-electron chi connectivity index (χ3n) is 6.89. The number of hydrogen-bond donors (Lipinski definition) is 1. The highest BCUT2D eigenvalue weighted by atomic mass is 16.5. The highest BCUT2D eigenvalue weighted by molar-refractivity contribution is 6.46. The fourth-order valence-corrected chi connectivity index (χ4v) is 5.12. The van der Waals surface area contributed by atoms with Crippen LogP contribution in [0.2, 0.25) is 0 Å². The topological polar surface area (TPSA) is 111 Å². The number of hydrogen-bond acceptors (Lipinski definition) is 7. The predicted molar refractivity (Wildman–Crippen MR) is 149 cm³/mol. The van der Waals surface area contributed by atoms with Crippen molar-refractivity contribution < 1.29 is 24.2 Å². The maximum absolute atomic E-state index is 13.6. The van der Waals surface area contributed by atoms with Crippen molar-refractivity contribution in [1.29, 1.82) is 0 Å². The average Bonchev–Trinajstić information content (AvgIpc) is 3.65. The lowest BCUT2D eigenvalue weighted by atomic mass is 9.95. The summed E-state index contributed by atoms with van der Waals surface area (Å²) in [5.74, 6) is -0.556. The van der Waals surface area contributed by atoms with Gasteiger partial charge < -0.3 is 24.0 Å². The Hall–Kier alpha value is -4.60. The van der Waals surface area contributed by atoms with Gasteiger partial charge in [0, 0.05) is 31.7 Å². The molecule has 1 amide bonds. The lowest BCUT2D eigenvalue weighted by molar-refractivity contribution is -0.139. The number of aromatic nitrogens is 4. The van der Waals surface area contributed by atoms with Gasteiger partial charge in [-0.15, -0.1) is 0 Å². The first-order valence-electron chi connectivity index (χ1n) is 13.5. The number of carbonyl (C=O) groups is 2. The summed E-state index contributed by atoms with van der Waals surface area (Å²) in [6.07, 6.45) is 8.45. The van der Waals surface area contributed by atoms with Crippen LogP contribution in [0.1, 0.15) is 49.7 Å². The molecule has 208 valence electrons. The van der Waals surface area contributed by atoms with Crippen molar-refractivity contribution in [2.75, 3.05) is 19.8 Å². The lowest BCUT2D eigenvalue weighted by Gasteiger charge is -2.26. The van der Waals surface area contributed by atoms with Crippen molar-refractivity contribution in [3.05, 3.63) is 83.8 Å². The average molecular weight is 544 g/mol. The van der Waals surface area contributed by atoms with Gasteiger partial charge in [-0.3, -0.25) is 14.0 Å². The minimum absolute atomic E-state index is 0.0195. The zero-order chi connectivity index (χ0) is 28.2. The van der Waals surface area contributed by atoms with Gasteiger partial charge in [-0.2, -0.15) is 0 Å². The number of pyridine rings is 1. The Morgan fingerprint density at radius 2 is 1.90 bits per heavy atom. The highest BCUT2D eigenvalue weighted by Crippen LogP contribution is 2.42. The standard InChI is InChI=1S/C30H33N5O5/c1-4-17-40-22-11-10-21(18-23(22)39-5-2)27-25(28(36)26-20(3)32-24-9-6-7-14-34(24)26)29(37)30(38)35(27)15-8-13-33-16-12-31-19-33/h6-7,9-12,14,16,18-19,27,36H,4-5,8,13,15,17H2,1-3H3. The maximum Gasteiger partial charge on any atom is 0.295 e. The number of ketones is 1. The molecule has 0 aliphatic carbocycles. The fraction of sp³-hybridized carbons (Fsp3) is 0.333. The molecule has 1 unspecified atom stereocenters. The number of amides is 1. The quantitative estimate of drug-likeness (QED) is 0.168. The molecule has 4 aromatic rings. The molecule has 0 radical (unpaired) electrons. The van der Waals surface area contributed by atoms with Gasteiger partial charge in [-0.25, -0.2) is 9.97 Å². The molecule has 1 saturated heterocycles. The lowest BCUT2D eigenvalue weighted by Crippen LogP contribution is -2.31. The fourth-order valence-electron chi connectivity index (χ4n) is 5.12. The van der Waals surface area contributed by atoms with Gasteiger partial charge in [-0.05, 0) is 56.5 Å². The van der Waals surface area contributed by atoms with Crippen molar-refractivity contribution in [3.63, 3.8) is 0 Å². The van der Waals surface area contributed by atoms with Crippen molar-refractivity contribution in [2.24, 2.45) is 0 Å². The number of aliphatic hydroxyl groups is 1. The number of nitrogens with zero attached hydrogens (tertiary/aromatic N) is 5. The van der Waals surface area contributed by atoms with Gasteiger partial charge >= 0.3 is 0 Å². The molecule has 1 aliphatic rings. The molecule has 3 aromatic heterocycles. The van der Waals surface area contributed by atoms with Crippen LogP contribution in [0.3, 0.4) is 0 Å². The summed E-state index contributed by atoms with van der Waals surface area (Å²) in [6, 6.07) is 10.1. The van der Waals surface area contributed by atoms with Crippen LogP contribution in [0.4, 0.5) is 0 Å². The normalized spacial score (nSPS) is 16.7. The number of aryl methyl sites for hydroxylation is 2. The number of benzene rings is 1. The predicted octanol–water partition coefficient (Wildman–Crippen LogP) is 4.54. The Morgan fingerprint density at radius 3 is 2.65 bits per heavy atom. The van der Waals surface area contributed by atoms with E-state index in [2.05, 4.69) is 9.97 Å². The molecule has 0 bridgehead atoms. The van der Waals surface area contributed by atoms with E-state index in [1.165, 1.54) is 4.90 Å². The summed E-state index contributed by atoms with van der Waals surface area (Å²) in [5, 5.41) is 11.7. The molecule has 1 aliphatic heterocycles. The van der Waals surface area contributed by atoms with E-state index in [9.17, 15) is 14.7 Å². The van der Waals surface area contributed by atoms with Crippen LogP contribution in [0, 0.1) is 6.92 Å². The number of aliphatic hydroxyl groups excluding tert-OH is 1. The van der Waals surface area contributed by atoms with Gasteiger partial charge in [-0.1, -0.05) is 19.1 Å². The highest BCUT2D eigenvalue weighted by Gasteiger charge is 2.46. The first-order chi connectivity index (χ1) is 19.4. The van der Waals surface area contributed by atoms with Crippen molar-refractivity contribution in [1.82, 2.24) is 23.8 Å². The number of rotatable bonds is 11.